The first kappa shape index (κ1) is 18.0. The number of carbonyl (C=O) groups is 1. The molecular formula is C16H18N6O3S. The van der Waals surface area contributed by atoms with Gasteiger partial charge in [-0.25, -0.2) is 0 Å². The molecule has 26 heavy (non-hydrogen) atoms. The highest BCUT2D eigenvalue weighted by Crippen LogP contribution is 2.31. The Kier molecular flexibility index (Phi) is 5.24. The van der Waals surface area contributed by atoms with Crippen LogP contribution in [-0.4, -0.2) is 48.9 Å². The number of hydrogen-bond acceptors (Lipinski definition) is 7. The molecule has 0 radical (unpaired) electrons. The van der Waals surface area contributed by atoms with Gasteiger partial charge in [0.1, 0.15) is 0 Å². The average molecular weight is 374 g/mol. The lowest BCUT2D eigenvalue weighted by Gasteiger charge is -2.09. The van der Waals surface area contributed by atoms with Crippen molar-refractivity contribution in [3.8, 4) is 22.5 Å². The van der Waals surface area contributed by atoms with Crippen molar-refractivity contribution in [2.24, 2.45) is 7.05 Å². The molecule has 0 fully saturated rings. The zero-order valence-corrected chi connectivity index (χ0v) is 15.3. The largest absolute Gasteiger partial charge is 0.481 e. The summed E-state index contributed by atoms with van der Waals surface area (Å²) in [6.07, 6.45) is 1.94. The van der Waals surface area contributed by atoms with Crippen LogP contribution in [0, 0.1) is 6.92 Å². The van der Waals surface area contributed by atoms with Gasteiger partial charge in [-0.3, -0.25) is 19.8 Å². The SMILES string of the molecule is CONc1cc(-c2nnc(SCC(=O)O)[nH]2)cc(-c2cn(C)nc2C)c1. The van der Waals surface area contributed by atoms with Crippen molar-refractivity contribution in [1.29, 1.82) is 0 Å². The van der Waals surface area contributed by atoms with Gasteiger partial charge in [0.2, 0.25) is 0 Å². The number of aromatic nitrogens is 5. The van der Waals surface area contributed by atoms with Crippen LogP contribution >= 0.6 is 11.8 Å². The smallest absolute Gasteiger partial charge is 0.313 e. The van der Waals surface area contributed by atoms with E-state index in [1.165, 1.54) is 7.11 Å². The number of hydrogen-bond donors (Lipinski definition) is 3. The Bertz CT molecular complexity index is 936. The summed E-state index contributed by atoms with van der Waals surface area (Å²) in [5, 5.41) is 21.7. The van der Waals surface area contributed by atoms with Crippen LogP contribution < -0.4 is 5.48 Å². The number of H-pyrrole nitrogens is 1. The normalized spacial score (nSPS) is 10.9. The summed E-state index contributed by atoms with van der Waals surface area (Å²) in [5.41, 5.74) is 7.22. The minimum atomic E-state index is -0.909. The molecule has 3 aromatic rings. The molecule has 0 amide bonds. The third-order valence-corrected chi connectivity index (χ3v) is 4.40. The molecule has 0 aliphatic heterocycles. The summed E-state index contributed by atoms with van der Waals surface area (Å²) in [6, 6.07) is 5.79. The van der Waals surface area contributed by atoms with E-state index in [0.29, 0.717) is 11.0 Å². The average Bonchev–Trinajstić information content (AvgIpc) is 3.19. The molecule has 9 nitrogen and oxygen atoms in total. The van der Waals surface area contributed by atoms with Crippen LogP contribution in [-0.2, 0) is 16.7 Å². The summed E-state index contributed by atoms with van der Waals surface area (Å²) in [7, 11) is 3.41. The second kappa shape index (κ2) is 7.58. The van der Waals surface area contributed by atoms with Gasteiger partial charge in [-0.05, 0) is 30.7 Å². The van der Waals surface area contributed by atoms with Gasteiger partial charge >= 0.3 is 5.97 Å². The van der Waals surface area contributed by atoms with E-state index < -0.39 is 5.97 Å². The van der Waals surface area contributed by atoms with Gasteiger partial charge in [0.05, 0.1) is 24.2 Å². The molecular weight excluding hydrogens is 356 g/mol. The van der Waals surface area contributed by atoms with E-state index in [0.717, 1.165) is 39.8 Å². The third kappa shape index (κ3) is 4.03. The fraction of sp³-hybridized carbons (Fsp3) is 0.250. The van der Waals surface area contributed by atoms with E-state index in [-0.39, 0.29) is 5.75 Å². The monoisotopic (exact) mass is 374 g/mol. The van der Waals surface area contributed by atoms with Crippen LogP contribution in [0.25, 0.3) is 22.5 Å². The molecule has 0 atom stereocenters. The highest BCUT2D eigenvalue weighted by atomic mass is 32.2. The second-order valence-electron chi connectivity index (χ2n) is 5.57. The van der Waals surface area contributed by atoms with E-state index in [2.05, 4.69) is 25.8 Å². The van der Waals surface area contributed by atoms with Gasteiger partial charge in [0, 0.05) is 24.4 Å². The standard InChI is InChI=1S/C16H18N6O3S/c1-9-13(7-22(2)20-9)10-4-11(6-12(5-10)21-25-3)15-17-16(19-18-15)26-8-14(23)24/h4-7,21H,8H2,1-3H3,(H,23,24)(H,17,18,19). The van der Waals surface area contributed by atoms with Crippen LogP contribution in [0.15, 0.2) is 29.6 Å². The van der Waals surface area contributed by atoms with E-state index in [4.69, 9.17) is 9.94 Å². The Hall–Kier alpha value is -2.85. The summed E-state index contributed by atoms with van der Waals surface area (Å²) >= 11 is 1.08. The quantitative estimate of drug-likeness (QED) is 0.426. The summed E-state index contributed by atoms with van der Waals surface area (Å²) in [5.74, 6) is -0.450. The number of carboxylic acids is 1. The lowest BCUT2D eigenvalue weighted by atomic mass is 10.0. The molecule has 0 aliphatic carbocycles. The number of aromatic amines is 1. The van der Waals surface area contributed by atoms with Gasteiger partial charge in [-0.15, -0.1) is 10.2 Å². The third-order valence-electron chi connectivity index (χ3n) is 3.55. The van der Waals surface area contributed by atoms with E-state index >= 15 is 0 Å². The lowest BCUT2D eigenvalue weighted by molar-refractivity contribution is -0.133. The molecule has 10 heteroatoms. The number of anilines is 1. The minimum Gasteiger partial charge on any atom is -0.481 e. The summed E-state index contributed by atoms with van der Waals surface area (Å²) in [6.45, 7) is 1.94. The number of rotatable bonds is 7. The highest BCUT2D eigenvalue weighted by Gasteiger charge is 2.13. The van der Waals surface area contributed by atoms with Crippen molar-refractivity contribution in [3.05, 3.63) is 30.1 Å². The first-order chi connectivity index (χ1) is 12.5. The van der Waals surface area contributed by atoms with Crippen LogP contribution in [0.5, 0.6) is 0 Å². The molecule has 0 saturated carbocycles. The first-order valence-corrected chi connectivity index (χ1v) is 8.67. The van der Waals surface area contributed by atoms with Crippen LogP contribution in [0.3, 0.4) is 0 Å². The van der Waals surface area contributed by atoms with Gasteiger partial charge in [0.15, 0.2) is 11.0 Å². The van der Waals surface area contributed by atoms with Gasteiger partial charge in [-0.2, -0.15) is 5.10 Å². The lowest BCUT2D eigenvalue weighted by Crippen LogP contribution is -1.98. The molecule has 3 N–H and O–H groups in total. The maximum atomic E-state index is 10.7. The van der Waals surface area contributed by atoms with Gasteiger partial charge in [-0.1, -0.05) is 11.8 Å². The van der Waals surface area contributed by atoms with Crippen molar-refractivity contribution in [2.45, 2.75) is 12.1 Å². The molecule has 2 heterocycles. The Morgan fingerprint density at radius 1 is 1.35 bits per heavy atom. The fourth-order valence-corrected chi connectivity index (χ4v) is 3.08. The van der Waals surface area contributed by atoms with E-state index in [1.54, 1.807) is 4.68 Å². The Morgan fingerprint density at radius 3 is 2.77 bits per heavy atom. The molecule has 1 aromatic carbocycles. The van der Waals surface area contributed by atoms with Crippen molar-refractivity contribution in [3.63, 3.8) is 0 Å². The maximum absolute atomic E-state index is 10.7. The van der Waals surface area contributed by atoms with Crippen LogP contribution in [0.1, 0.15) is 5.69 Å². The predicted octanol–water partition coefficient (Wildman–Crippen LogP) is 2.33. The zero-order valence-electron chi connectivity index (χ0n) is 14.5. The Labute approximate surface area is 153 Å². The molecule has 0 bridgehead atoms. The fourth-order valence-electron chi connectivity index (χ4n) is 2.55. The van der Waals surface area contributed by atoms with Crippen molar-refractivity contribution < 1.29 is 14.7 Å². The Morgan fingerprint density at radius 2 is 2.12 bits per heavy atom. The maximum Gasteiger partial charge on any atom is 0.313 e. The topological polar surface area (TPSA) is 118 Å². The number of carboxylic acid groups (broad SMARTS) is 1. The molecule has 136 valence electrons. The Balaban J connectivity index is 1.98. The van der Waals surface area contributed by atoms with Crippen LogP contribution in [0.4, 0.5) is 5.69 Å². The van der Waals surface area contributed by atoms with Crippen molar-refractivity contribution in [2.75, 3.05) is 18.3 Å². The zero-order chi connectivity index (χ0) is 18.7. The minimum absolute atomic E-state index is 0.0833. The summed E-state index contributed by atoms with van der Waals surface area (Å²) < 4.78 is 1.76. The number of aliphatic carboxylic acids is 1. The molecule has 0 spiro atoms. The van der Waals surface area contributed by atoms with Crippen LogP contribution in [0.2, 0.25) is 0 Å². The first-order valence-electron chi connectivity index (χ1n) is 7.68. The van der Waals surface area contributed by atoms with Gasteiger partial charge in [0.25, 0.3) is 0 Å². The van der Waals surface area contributed by atoms with Crippen molar-refractivity contribution in [1.82, 2.24) is 25.0 Å². The van der Waals surface area contributed by atoms with Gasteiger partial charge < -0.3 is 10.1 Å². The van der Waals surface area contributed by atoms with E-state index in [1.807, 2.05) is 38.4 Å². The second-order valence-corrected chi connectivity index (χ2v) is 6.53. The molecule has 0 aliphatic rings. The number of thioether (sulfide) groups is 1. The van der Waals surface area contributed by atoms with Crippen molar-refractivity contribution >= 4 is 23.4 Å². The number of nitrogens with zero attached hydrogens (tertiary/aromatic N) is 4. The molecule has 3 rings (SSSR count). The number of aryl methyl sites for hydroxylation is 2. The molecule has 2 aromatic heterocycles. The summed E-state index contributed by atoms with van der Waals surface area (Å²) in [4.78, 5) is 18.8. The number of benzene rings is 1. The molecule has 0 unspecified atom stereocenters. The molecule has 0 saturated heterocycles. The van der Waals surface area contributed by atoms with E-state index in [9.17, 15) is 4.79 Å². The predicted molar refractivity (Wildman–Crippen MR) is 97.7 cm³/mol. The highest BCUT2D eigenvalue weighted by molar-refractivity contribution is 7.99. The number of nitrogens with one attached hydrogen (secondary N) is 2.